The molecule has 3 heteroatoms. The Balaban J connectivity index is 2.28. The molecule has 2 N–H and O–H groups in total. The van der Waals surface area contributed by atoms with E-state index >= 15 is 0 Å². The van der Waals surface area contributed by atoms with Gasteiger partial charge in [-0.1, -0.05) is 6.92 Å². The van der Waals surface area contributed by atoms with Crippen LogP contribution in [0.3, 0.4) is 0 Å². The van der Waals surface area contributed by atoms with Crippen LogP contribution in [0.5, 0.6) is 0 Å². The maximum atomic E-state index is 5.53. The van der Waals surface area contributed by atoms with E-state index in [0.29, 0.717) is 12.4 Å². The Kier molecular flexibility index (Phi) is 3.38. The average molecular weight is 166 g/mol. The fourth-order valence-corrected chi connectivity index (χ4v) is 0.876. The highest BCUT2D eigenvalue weighted by molar-refractivity contribution is 5.79. The Morgan fingerprint density at radius 3 is 3.08 bits per heavy atom. The predicted molar refractivity (Wildman–Crippen MR) is 49.2 cm³/mol. The summed E-state index contributed by atoms with van der Waals surface area (Å²) >= 11 is 0. The molecule has 0 atom stereocenters. The molecule has 0 amide bonds. The molecule has 0 aliphatic rings. The number of aliphatic imine (C=N–C) groups is 1. The predicted octanol–water partition coefficient (Wildman–Crippen LogP) is 1.59. The van der Waals surface area contributed by atoms with E-state index in [-0.39, 0.29) is 0 Å². The van der Waals surface area contributed by atoms with E-state index in [9.17, 15) is 0 Å². The zero-order valence-electron chi connectivity index (χ0n) is 7.29. The van der Waals surface area contributed by atoms with E-state index in [1.165, 1.54) is 0 Å². The van der Waals surface area contributed by atoms with Crippen LogP contribution in [0.1, 0.15) is 19.1 Å². The molecule has 0 radical (unpaired) electrons. The summed E-state index contributed by atoms with van der Waals surface area (Å²) in [6.45, 7) is 2.71. The van der Waals surface area contributed by atoms with Gasteiger partial charge >= 0.3 is 0 Å². The van der Waals surface area contributed by atoms with Crippen molar-refractivity contribution in [2.75, 3.05) is 6.54 Å². The van der Waals surface area contributed by atoms with Gasteiger partial charge < -0.3 is 10.2 Å². The molecule has 0 unspecified atom stereocenters. The van der Waals surface area contributed by atoms with Crippen LogP contribution >= 0.6 is 0 Å². The number of rotatable bonds is 4. The van der Waals surface area contributed by atoms with Gasteiger partial charge in [-0.3, -0.25) is 4.99 Å². The van der Waals surface area contributed by atoms with Crippen LogP contribution in [0.15, 0.2) is 27.8 Å². The highest BCUT2D eigenvalue weighted by Crippen LogP contribution is 2.00. The van der Waals surface area contributed by atoms with Crippen LogP contribution in [-0.2, 0) is 6.42 Å². The number of hydrogen-bond acceptors (Lipinski definition) is 2. The Morgan fingerprint density at radius 1 is 1.67 bits per heavy atom. The number of furan rings is 1. The lowest BCUT2D eigenvalue weighted by molar-refractivity contribution is 0.511. The van der Waals surface area contributed by atoms with Crippen LogP contribution in [-0.4, -0.2) is 12.4 Å². The first-order valence-corrected chi connectivity index (χ1v) is 4.14. The van der Waals surface area contributed by atoms with Gasteiger partial charge in [0.05, 0.1) is 12.1 Å². The number of nitrogens with zero attached hydrogens (tertiary/aromatic N) is 1. The van der Waals surface area contributed by atoms with Gasteiger partial charge in [-0.25, -0.2) is 0 Å². The minimum Gasteiger partial charge on any atom is -0.469 e. The maximum absolute atomic E-state index is 5.53. The highest BCUT2D eigenvalue weighted by Gasteiger charge is 1.93. The second-order valence-corrected chi connectivity index (χ2v) is 2.56. The molecule has 0 saturated heterocycles. The maximum Gasteiger partial charge on any atom is 0.105 e. The number of nitrogens with two attached hydrogens (primary N) is 1. The molecule has 1 aromatic rings. The Bertz CT molecular complexity index is 239. The van der Waals surface area contributed by atoms with Crippen LogP contribution in [0.2, 0.25) is 0 Å². The normalized spacial score (nSPS) is 11.9. The van der Waals surface area contributed by atoms with Crippen LogP contribution in [0, 0.1) is 0 Å². The Hall–Kier alpha value is -1.25. The summed E-state index contributed by atoms with van der Waals surface area (Å²) in [4.78, 5) is 4.15. The summed E-state index contributed by atoms with van der Waals surface area (Å²) in [7, 11) is 0. The molecule has 0 aromatic carbocycles. The van der Waals surface area contributed by atoms with Gasteiger partial charge in [0.1, 0.15) is 5.76 Å². The van der Waals surface area contributed by atoms with Crippen LogP contribution < -0.4 is 5.73 Å². The molecule has 0 bridgehead atoms. The fraction of sp³-hybridized carbons (Fsp3) is 0.444. The van der Waals surface area contributed by atoms with Crippen molar-refractivity contribution in [1.82, 2.24) is 0 Å². The zero-order chi connectivity index (χ0) is 8.81. The Morgan fingerprint density at radius 2 is 2.50 bits per heavy atom. The largest absolute Gasteiger partial charge is 0.469 e. The van der Waals surface area contributed by atoms with E-state index < -0.39 is 0 Å². The van der Waals surface area contributed by atoms with E-state index in [2.05, 4.69) is 4.99 Å². The molecule has 0 fully saturated rings. The van der Waals surface area contributed by atoms with Gasteiger partial charge in [-0.15, -0.1) is 0 Å². The van der Waals surface area contributed by atoms with Crippen molar-refractivity contribution in [3.8, 4) is 0 Å². The lowest BCUT2D eigenvalue weighted by Crippen LogP contribution is -2.10. The van der Waals surface area contributed by atoms with Crippen molar-refractivity contribution in [2.24, 2.45) is 10.7 Å². The van der Waals surface area contributed by atoms with E-state index in [1.54, 1.807) is 6.26 Å². The molecular weight excluding hydrogens is 152 g/mol. The summed E-state index contributed by atoms with van der Waals surface area (Å²) in [6.07, 6.45) is 3.31. The second-order valence-electron chi connectivity index (χ2n) is 2.56. The molecule has 1 rings (SSSR count). The molecule has 0 spiro atoms. The SMILES string of the molecule is CCC(N)=NCCc1ccco1. The number of hydrogen-bond donors (Lipinski definition) is 1. The average Bonchev–Trinajstić information content (AvgIpc) is 2.57. The fourth-order valence-electron chi connectivity index (χ4n) is 0.876. The van der Waals surface area contributed by atoms with Crippen molar-refractivity contribution in [3.05, 3.63) is 24.2 Å². The molecule has 0 saturated carbocycles. The Labute approximate surface area is 72.3 Å². The first kappa shape index (κ1) is 8.84. The van der Waals surface area contributed by atoms with Crippen LogP contribution in [0.25, 0.3) is 0 Å². The van der Waals surface area contributed by atoms with Crippen molar-refractivity contribution >= 4 is 5.84 Å². The molecule has 66 valence electrons. The van der Waals surface area contributed by atoms with Gasteiger partial charge in [-0.2, -0.15) is 0 Å². The van der Waals surface area contributed by atoms with Gasteiger partial charge in [0, 0.05) is 19.4 Å². The minimum atomic E-state index is 0.710. The zero-order valence-corrected chi connectivity index (χ0v) is 7.29. The third kappa shape index (κ3) is 2.78. The quantitative estimate of drug-likeness (QED) is 0.545. The standard InChI is InChI=1S/C9H14N2O/c1-2-9(10)11-6-5-8-4-3-7-12-8/h3-4,7H,2,5-6H2,1H3,(H2,10,11). The van der Waals surface area contributed by atoms with Crippen molar-refractivity contribution in [3.63, 3.8) is 0 Å². The topological polar surface area (TPSA) is 51.5 Å². The van der Waals surface area contributed by atoms with Crippen LogP contribution in [0.4, 0.5) is 0 Å². The molecule has 1 heterocycles. The molecule has 12 heavy (non-hydrogen) atoms. The summed E-state index contributed by atoms with van der Waals surface area (Å²) in [6, 6.07) is 3.82. The van der Waals surface area contributed by atoms with Gasteiger partial charge in [0.2, 0.25) is 0 Å². The van der Waals surface area contributed by atoms with Gasteiger partial charge in [0.15, 0.2) is 0 Å². The van der Waals surface area contributed by atoms with Crippen molar-refractivity contribution in [1.29, 1.82) is 0 Å². The van der Waals surface area contributed by atoms with Gasteiger partial charge in [-0.05, 0) is 12.1 Å². The molecular formula is C9H14N2O. The third-order valence-corrected chi connectivity index (χ3v) is 1.62. The van der Waals surface area contributed by atoms with Crippen molar-refractivity contribution in [2.45, 2.75) is 19.8 Å². The first-order valence-electron chi connectivity index (χ1n) is 4.14. The summed E-state index contributed by atoms with van der Waals surface area (Å²) in [5.74, 6) is 1.67. The van der Waals surface area contributed by atoms with E-state index in [1.807, 2.05) is 19.1 Å². The minimum absolute atomic E-state index is 0.710. The summed E-state index contributed by atoms with van der Waals surface area (Å²) in [5, 5.41) is 0. The van der Waals surface area contributed by atoms with Crippen molar-refractivity contribution < 1.29 is 4.42 Å². The first-order chi connectivity index (χ1) is 5.83. The molecule has 1 aromatic heterocycles. The molecule has 0 aliphatic carbocycles. The lowest BCUT2D eigenvalue weighted by atomic mass is 10.3. The highest BCUT2D eigenvalue weighted by atomic mass is 16.3. The second kappa shape index (κ2) is 4.59. The monoisotopic (exact) mass is 166 g/mol. The molecule has 0 aliphatic heterocycles. The summed E-state index contributed by atoms with van der Waals surface area (Å²) in [5.41, 5.74) is 5.53. The van der Waals surface area contributed by atoms with E-state index in [4.69, 9.17) is 10.2 Å². The third-order valence-electron chi connectivity index (χ3n) is 1.62. The van der Waals surface area contributed by atoms with E-state index in [0.717, 1.165) is 18.6 Å². The lowest BCUT2D eigenvalue weighted by Gasteiger charge is -1.94. The number of amidine groups is 1. The summed E-state index contributed by atoms with van der Waals surface area (Å²) < 4.78 is 5.14. The molecule has 3 nitrogen and oxygen atoms in total. The van der Waals surface area contributed by atoms with Gasteiger partial charge in [0.25, 0.3) is 0 Å². The smallest absolute Gasteiger partial charge is 0.105 e.